The van der Waals surface area contributed by atoms with Crippen molar-refractivity contribution in [3.8, 4) is 5.75 Å². The van der Waals surface area contributed by atoms with Crippen molar-refractivity contribution in [2.75, 3.05) is 25.6 Å². The molecular formula is C16H17BrFNO2. The third-order valence-electron chi connectivity index (χ3n) is 2.91. The molecule has 2 aromatic carbocycles. The van der Waals surface area contributed by atoms with Gasteiger partial charge in [0, 0.05) is 23.8 Å². The maximum atomic E-state index is 13.0. The quantitative estimate of drug-likeness (QED) is 0.755. The Kier molecular flexibility index (Phi) is 6.02. The van der Waals surface area contributed by atoms with Crippen LogP contribution in [0.15, 0.2) is 46.9 Å². The lowest BCUT2D eigenvalue weighted by Gasteiger charge is -2.10. The van der Waals surface area contributed by atoms with Gasteiger partial charge in [-0.15, -0.1) is 0 Å². The lowest BCUT2D eigenvalue weighted by Crippen LogP contribution is -2.04. The molecule has 0 saturated heterocycles. The summed E-state index contributed by atoms with van der Waals surface area (Å²) in [5.74, 6) is 0.559. The first kappa shape index (κ1) is 15.8. The Morgan fingerprint density at radius 2 is 1.86 bits per heavy atom. The molecule has 0 saturated carbocycles. The maximum Gasteiger partial charge on any atom is 0.124 e. The van der Waals surface area contributed by atoms with Gasteiger partial charge in [0.1, 0.15) is 18.2 Å². The first-order valence-electron chi connectivity index (χ1n) is 6.58. The number of methoxy groups -OCH3 is 1. The fourth-order valence-electron chi connectivity index (χ4n) is 1.77. The van der Waals surface area contributed by atoms with Crippen LogP contribution >= 0.6 is 15.9 Å². The van der Waals surface area contributed by atoms with Crippen LogP contribution in [0.2, 0.25) is 0 Å². The van der Waals surface area contributed by atoms with Crippen LogP contribution in [0.25, 0.3) is 0 Å². The molecule has 0 fully saturated rings. The molecule has 2 rings (SSSR count). The molecule has 0 bridgehead atoms. The Labute approximate surface area is 132 Å². The fraction of sp³-hybridized carbons (Fsp3) is 0.250. The molecule has 0 heterocycles. The van der Waals surface area contributed by atoms with Gasteiger partial charge in [0.2, 0.25) is 0 Å². The highest BCUT2D eigenvalue weighted by atomic mass is 79.9. The van der Waals surface area contributed by atoms with E-state index in [1.807, 2.05) is 24.3 Å². The van der Waals surface area contributed by atoms with Crippen LogP contribution in [0.5, 0.6) is 5.75 Å². The summed E-state index contributed by atoms with van der Waals surface area (Å²) < 4.78 is 24.2. The lowest BCUT2D eigenvalue weighted by atomic mass is 10.2. The van der Waals surface area contributed by atoms with E-state index in [9.17, 15) is 4.39 Å². The minimum Gasteiger partial charge on any atom is -0.491 e. The van der Waals surface area contributed by atoms with Crippen molar-refractivity contribution in [3.63, 3.8) is 0 Å². The minimum atomic E-state index is -0.247. The molecule has 21 heavy (non-hydrogen) atoms. The SMILES string of the molecule is COCCOc1ccc(NCc2ccc(F)cc2Br)cc1. The van der Waals surface area contributed by atoms with Crippen LogP contribution in [0.4, 0.5) is 10.1 Å². The van der Waals surface area contributed by atoms with Gasteiger partial charge < -0.3 is 14.8 Å². The zero-order chi connectivity index (χ0) is 15.1. The number of benzene rings is 2. The molecule has 0 atom stereocenters. The van der Waals surface area contributed by atoms with E-state index in [-0.39, 0.29) is 5.82 Å². The van der Waals surface area contributed by atoms with E-state index in [2.05, 4.69) is 21.2 Å². The van der Waals surface area contributed by atoms with Gasteiger partial charge in [-0.2, -0.15) is 0 Å². The van der Waals surface area contributed by atoms with Gasteiger partial charge in [0.05, 0.1) is 6.61 Å². The third kappa shape index (κ3) is 5.02. The van der Waals surface area contributed by atoms with Gasteiger partial charge >= 0.3 is 0 Å². The second-order valence-electron chi connectivity index (χ2n) is 4.45. The van der Waals surface area contributed by atoms with E-state index < -0.39 is 0 Å². The largest absolute Gasteiger partial charge is 0.491 e. The number of hydrogen-bond donors (Lipinski definition) is 1. The van der Waals surface area contributed by atoms with E-state index in [4.69, 9.17) is 9.47 Å². The average Bonchev–Trinajstić information content (AvgIpc) is 2.48. The van der Waals surface area contributed by atoms with Gasteiger partial charge in [-0.05, 0) is 42.0 Å². The number of rotatable bonds is 7. The number of ether oxygens (including phenoxy) is 2. The van der Waals surface area contributed by atoms with Gasteiger partial charge in [-0.25, -0.2) is 4.39 Å². The van der Waals surface area contributed by atoms with Crippen molar-refractivity contribution in [2.24, 2.45) is 0 Å². The van der Waals surface area contributed by atoms with E-state index in [1.54, 1.807) is 13.2 Å². The second-order valence-corrected chi connectivity index (χ2v) is 5.31. The zero-order valence-corrected chi connectivity index (χ0v) is 13.3. The van der Waals surface area contributed by atoms with Crippen LogP contribution in [0.1, 0.15) is 5.56 Å². The molecule has 0 aromatic heterocycles. The standard InChI is InChI=1S/C16H17BrFNO2/c1-20-8-9-21-15-6-4-14(5-7-15)19-11-12-2-3-13(18)10-16(12)17/h2-7,10,19H,8-9,11H2,1H3. The summed E-state index contributed by atoms with van der Waals surface area (Å²) in [6, 6.07) is 12.4. The van der Waals surface area contributed by atoms with Gasteiger partial charge in [0.15, 0.2) is 0 Å². The lowest BCUT2D eigenvalue weighted by molar-refractivity contribution is 0.146. The molecule has 0 unspecified atom stereocenters. The van der Waals surface area contributed by atoms with Crippen molar-refractivity contribution in [1.29, 1.82) is 0 Å². The summed E-state index contributed by atoms with van der Waals surface area (Å²) in [6.45, 7) is 1.72. The van der Waals surface area contributed by atoms with Crippen LogP contribution < -0.4 is 10.1 Å². The van der Waals surface area contributed by atoms with Crippen molar-refractivity contribution < 1.29 is 13.9 Å². The number of nitrogens with one attached hydrogen (secondary N) is 1. The molecule has 0 aliphatic carbocycles. The molecule has 3 nitrogen and oxygen atoms in total. The van der Waals surface area contributed by atoms with Crippen LogP contribution in [-0.4, -0.2) is 20.3 Å². The minimum absolute atomic E-state index is 0.247. The molecular weight excluding hydrogens is 337 g/mol. The summed E-state index contributed by atoms with van der Waals surface area (Å²) in [5, 5.41) is 3.28. The molecule has 0 aliphatic heterocycles. The molecule has 2 aromatic rings. The van der Waals surface area contributed by atoms with Crippen LogP contribution in [0, 0.1) is 5.82 Å². The van der Waals surface area contributed by atoms with Crippen molar-refractivity contribution in [3.05, 3.63) is 58.3 Å². The zero-order valence-electron chi connectivity index (χ0n) is 11.7. The average molecular weight is 354 g/mol. The number of hydrogen-bond acceptors (Lipinski definition) is 3. The summed E-state index contributed by atoms with van der Waals surface area (Å²) in [7, 11) is 1.64. The molecule has 5 heteroatoms. The maximum absolute atomic E-state index is 13.0. The van der Waals surface area contributed by atoms with Crippen LogP contribution in [-0.2, 0) is 11.3 Å². The third-order valence-corrected chi connectivity index (χ3v) is 3.65. The Morgan fingerprint density at radius 1 is 1.10 bits per heavy atom. The Balaban J connectivity index is 1.88. The summed E-state index contributed by atoms with van der Waals surface area (Å²) in [4.78, 5) is 0. The van der Waals surface area contributed by atoms with E-state index in [1.165, 1.54) is 12.1 Å². The van der Waals surface area contributed by atoms with E-state index in [0.29, 0.717) is 19.8 Å². The molecule has 1 N–H and O–H groups in total. The molecule has 0 aliphatic rings. The number of halogens is 2. The van der Waals surface area contributed by atoms with Gasteiger partial charge in [-0.1, -0.05) is 22.0 Å². The Morgan fingerprint density at radius 3 is 2.52 bits per heavy atom. The summed E-state index contributed by atoms with van der Waals surface area (Å²) >= 11 is 3.36. The summed E-state index contributed by atoms with van der Waals surface area (Å²) in [6.07, 6.45) is 0. The smallest absolute Gasteiger partial charge is 0.124 e. The van der Waals surface area contributed by atoms with Crippen molar-refractivity contribution in [2.45, 2.75) is 6.54 Å². The molecule has 112 valence electrons. The van der Waals surface area contributed by atoms with Gasteiger partial charge in [0.25, 0.3) is 0 Å². The van der Waals surface area contributed by atoms with E-state index >= 15 is 0 Å². The van der Waals surface area contributed by atoms with Crippen LogP contribution in [0.3, 0.4) is 0 Å². The summed E-state index contributed by atoms with van der Waals surface area (Å²) in [5.41, 5.74) is 1.97. The number of anilines is 1. The highest BCUT2D eigenvalue weighted by molar-refractivity contribution is 9.10. The highest BCUT2D eigenvalue weighted by Gasteiger charge is 2.02. The Hall–Kier alpha value is -1.59. The molecule has 0 spiro atoms. The Bertz CT molecular complexity index is 575. The first-order chi connectivity index (χ1) is 10.2. The van der Waals surface area contributed by atoms with Crippen molar-refractivity contribution >= 4 is 21.6 Å². The van der Waals surface area contributed by atoms with E-state index in [0.717, 1.165) is 21.5 Å². The first-order valence-corrected chi connectivity index (χ1v) is 7.38. The monoisotopic (exact) mass is 353 g/mol. The topological polar surface area (TPSA) is 30.5 Å². The highest BCUT2D eigenvalue weighted by Crippen LogP contribution is 2.20. The molecule has 0 radical (unpaired) electrons. The predicted molar refractivity (Wildman–Crippen MR) is 85.2 cm³/mol. The predicted octanol–water partition coefficient (Wildman–Crippen LogP) is 4.23. The molecule has 0 amide bonds. The normalized spacial score (nSPS) is 10.4. The fourth-order valence-corrected chi connectivity index (χ4v) is 2.27. The van der Waals surface area contributed by atoms with Gasteiger partial charge in [-0.3, -0.25) is 0 Å². The second kappa shape index (κ2) is 8.00. The van der Waals surface area contributed by atoms with Crippen molar-refractivity contribution in [1.82, 2.24) is 0 Å².